The molecule has 0 aliphatic carbocycles. The fourth-order valence-electron chi connectivity index (χ4n) is 3.15. The molecule has 0 saturated heterocycles. The van der Waals surface area contributed by atoms with Gasteiger partial charge in [-0.15, -0.1) is 0 Å². The normalized spacial score (nSPS) is 12.7. The van der Waals surface area contributed by atoms with E-state index in [1.54, 1.807) is 0 Å². The Labute approximate surface area is 173 Å². The topological polar surface area (TPSA) is 64.6 Å². The molecule has 1 N–H and O–H groups in total. The van der Waals surface area contributed by atoms with Gasteiger partial charge in [0.1, 0.15) is 12.4 Å². The number of nitrogens with one attached hydrogen (secondary N) is 1. The average molecular weight is 398 g/mol. The van der Waals surface area contributed by atoms with Crippen LogP contribution in [0, 0.1) is 0 Å². The first-order valence-electron chi connectivity index (χ1n) is 10.1. The fourth-order valence-corrected chi connectivity index (χ4v) is 3.15. The first-order valence-corrected chi connectivity index (χ1v) is 10.1. The Bertz CT molecular complexity index is 790. The summed E-state index contributed by atoms with van der Waals surface area (Å²) in [6, 6.07) is 17.4. The molecule has 0 radical (unpaired) electrons. The Balaban J connectivity index is 2.09. The predicted molar refractivity (Wildman–Crippen MR) is 113 cm³/mol. The smallest absolute Gasteiger partial charge is 0.308 e. The molecule has 0 saturated carbocycles. The summed E-state index contributed by atoms with van der Waals surface area (Å²) in [4.78, 5) is 24.2. The summed E-state index contributed by atoms with van der Waals surface area (Å²) in [5.41, 5.74) is 0.988. The second-order valence-corrected chi connectivity index (χ2v) is 7.42. The summed E-state index contributed by atoms with van der Waals surface area (Å²) in [7, 11) is 0. The van der Waals surface area contributed by atoms with Gasteiger partial charge in [0.25, 0.3) is 0 Å². The number of carbonyl (C=O) groups is 2. The van der Waals surface area contributed by atoms with E-state index in [9.17, 15) is 9.59 Å². The molecule has 0 bridgehead atoms. The lowest BCUT2D eigenvalue weighted by Crippen LogP contribution is -2.44. The van der Waals surface area contributed by atoms with Crippen molar-refractivity contribution in [1.29, 1.82) is 0 Å². The highest BCUT2D eigenvalue weighted by molar-refractivity contribution is 5.77. The maximum absolute atomic E-state index is 12.4. The molecule has 156 valence electrons. The van der Waals surface area contributed by atoms with Crippen molar-refractivity contribution in [2.75, 3.05) is 6.61 Å². The molecule has 1 atom stereocenters. The fraction of sp³-hybridized carbons (Fsp3) is 0.417. The first-order chi connectivity index (χ1) is 13.9. The maximum Gasteiger partial charge on any atom is 0.308 e. The molecule has 29 heavy (non-hydrogen) atoms. The summed E-state index contributed by atoms with van der Waals surface area (Å²) in [6.45, 7) is 6.23. The summed E-state index contributed by atoms with van der Waals surface area (Å²) in [5, 5.41) is 2.91. The lowest BCUT2D eigenvalue weighted by Gasteiger charge is -2.30. The molecule has 0 aliphatic heterocycles. The Hall–Kier alpha value is -2.82. The van der Waals surface area contributed by atoms with E-state index in [1.807, 2.05) is 61.5 Å². The van der Waals surface area contributed by atoms with Gasteiger partial charge >= 0.3 is 5.97 Å². The Morgan fingerprint density at radius 1 is 1.03 bits per heavy atom. The summed E-state index contributed by atoms with van der Waals surface area (Å²) < 4.78 is 11.3. The average Bonchev–Trinajstić information content (AvgIpc) is 2.70. The van der Waals surface area contributed by atoms with Crippen molar-refractivity contribution in [1.82, 2.24) is 5.32 Å². The van der Waals surface area contributed by atoms with Crippen LogP contribution in [-0.4, -0.2) is 18.5 Å². The monoisotopic (exact) mass is 397 g/mol. The zero-order chi connectivity index (χ0) is 21.1. The molecule has 5 heteroatoms. The standard InChI is InChI=1S/C24H31NO4/c1-4-5-9-15-28-23(27)17-24(3,25-19(2)26)21-13-10-14-22(16-21)29-18-20-11-7-6-8-12-20/h6-8,10-14,16H,4-5,9,15,17-18H2,1-3H3,(H,25,26). The molecular formula is C24H31NO4. The minimum Gasteiger partial charge on any atom is -0.489 e. The van der Waals surface area contributed by atoms with Crippen LogP contribution in [0.2, 0.25) is 0 Å². The highest BCUT2D eigenvalue weighted by Gasteiger charge is 2.31. The van der Waals surface area contributed by atoms with Gasteiger partial charge in [-0.3, -0.25) is 9.59 Å². The van der Waals surface area contributed by atoms with E-state index in [0.29, 0.717) is 19.0 Å². The molecule has 2 aromatic carbocycles. The molecular weight excluding hydrogens is 366 g/mol. The SMILES string of the molecule is CCCCCOC(=O)CC(C)(NC(C)=O)c1cccc(OCc2ccccc2)c1. The van der Waals surface area contributed by atoms with Crippen molar-refractivity contribution >= 4 is 11.9 Å². The van der Waals surface area contributed by atoms with Gasteiger partial charge in [-0.25, -0.2) is 0 Å². The van der Waals surface area contributed by atoms with Crippen molar-refractivity contribution in [2.45, 2.75) is 58.6 Å². The third-order valence-electron chi connectivity index (χ3n) is 4.68. The number of benzene rings is 2. The summed E-state index contributed by atoms with van der Waals surface area (Å²) in [5.74, 6) is 0.147. The van der Waals surface area contributed by atoms with E-state index >= 15 is 0 Å². The highest BCUT2D eigenvalue weighted by Crippen LogP contribution is 2.28. The molecule has 2 aromatic rings. The third kappa shape index (κ3) is 7.60. The van der Waals surface area contributed by atoms with Crippen molar-refractivity contribution in [3.63, 3.8) is 0 Å². The minimum atomic E-state index is -0.875. The van der Waals surface area contributed by atoms with Gasteiger partial charge in [-0.1, -0.05) is 62.2 Å². The van der Waals surface area contributed by atoms with E-state index in [0.717, 1.165) is 30.4 Å². The number of amides is 1. The number of unbranched alkanes of at least 4 members (excludes halogenated alkanes) is 2. The number of ether oxygens (including phenoxy) is 2. The van der Waals surface area contributed by atoms with Gasteiger partial charge in [0.15, 0.2) is 0 Å². The van der Waals surface area contributed by atoms with Crippen LogP contribution in [0.3, 0.4) is 0 Å². The number of hydrogen-bond donors (Lipinski definition) is 1. The lowest BCUT2D eigenvalue weighted by molar-refractivity contribution is -0.145. The van der Waals surface area contributed by atoms with Gasteiger partial charge in [0.05, 0.1) is 18.6 Å². The first kappa shape index (κ1) is 22.5. The largest absolute Gasteiger partial charge is 0.489 e. The minimum absolute atomic E-state index is 0.0564. The van der Waals surface area contributed by atoms with Crippen molar-refractivity contribution < 1.29 is 19.1 Å². The van der Waals surface area contributed by atoms with Crippen molar-refractivity contribution in [2.24, 2.45) is 0 Å². The molecule has 0 spiro atoms. The number of rotatable bonds is 11. The van der Waals surface area contributed by atoms with Gasteiger partial charge in [0, 0.05) is 6.92 Å². The van der Waals surface area contributed by atoms with Crippen molar-refractivity contribution in [3.05, 3.63) is 65.7 Å². The third-order valence-corrected chi connectivity index (χ3v) is 4.68. The molecule has 0 aromatic heterocycles. The predicted octanol–water partition coefficient (Wildman–Crippen LogP) is 4.74. The van der Waals surface area contributed by atoms with E-state index in [2.05, 4.69) is 12.2 Å². The summed E-state index contributed by atoms with van der Waals surface area (Å²) >= 11 is 0. The maximum atomic E-state index is 12.4. The number of carbonyl (C=O) groups excluding carboxylic acids is 2. The van der Waals surface area contributed by atoms with Crippen LogP contribution in [0.1, 0.15) is 57.6 Å². The zero-order valence-electron chi connectivity index (χ0n) is 17.6. The van der Waals surface area contributed by atoms with Crippen LogP contribution >= 0.6 is 0 Å². The van der Waals surface area contributed by atoms with E-state index in [-0.39, 0.29) is 18.3 Å². The molecule has 1 unspecified atom stereocenters. The molecule has 0 heterocycles. The van der Waals surface area contributed by atoms with Crippen molar-refractivity contribution in [3.8, 4) is 5.75 Å². The molecule has 0 fully saturated rings. The second kappa shape index (κ2) is 11.2. The molecule has 0 aliphatic rings. The van der Waals surface area contributed by atoms with Crippen LogP contribution in [0.25, 0.3) is 0 Å². The molecule has 1 amide bonds. The van der Waals surface area contributed by atoms with Gasteiger partial charge in [0.2, 0.25) is 5.91 Å². The van der Waals surface area contributed by atoms with Crippen LogP contribution in [0.5, 0.6) is 5.75 Å². The van der Waals surface area contributed by atoms with Gasteiger partial charge in [-0.2, -0.15) is 0 Å². The highest BCUT2D eigenvalue weighted by atomic mass is 16.5. The van der Waals surface area contributed by atoms with E-state index in [1.165, 1.54) is 6.92 Å². The van der Waals surface area contributed by atoms with Crippen LogP contribution in [-0.2, 0) is 26.5 Å². The number of esters is 1. The van der Waals surface area contributed by atoms with E-state index < -0.39 is 5.54 Å². The van der Waals surface area contributed by atoms with Gasteiger partial charge < -0.3 is 14.8 Å². The Kier molecular flexibility index (Phi) is 8.71. The van der Waals surface area contributed by atoms with Crippen LogP contribution in [0.15, 0.2) is 54.6 Å². The second-order valence-electron chi connectivity index (χ2n) is 7.42. The molecule has 2 rings (SSSR count). The van der Waals surface area contributed by atoms with Gasteiger partial charge in [-0.05, 0) is 36.6 Å². The Morgan fingerprint density at radius 3 is 2.48 bits per heavy atom. The summed E-state index contributed by atoms with van der Waals surface area (Å²) in [6.07, 6.45) is 3.00. The van der Waals surface area contributed by atoms with E-state index in [4.69, 9.17) is 9.47 Å². The number of hydrogen-bond acceptors (Lipinski definition) is 4. The van der Waals surface area contributed by atoms with Crippen LogP contribution < -0.4 is 10.1 Å². The van der Waals surface area contributed by atoms with Crippen LogP contribution in [0.4, 0.5) is 0 Å². The Morgan fingerprint density at radius 2 is 1.79 bits per heavy atom. The molecule has 5 nitrogen and oxygen atoms in total. The zero-order valence-corrected chi connectivity index (χ0v) is 17.6. The quantitative estimate of drug-likeness (QED) is 0.439. The lowest BCUT2D eigenvalue weighted by atomic mass is 9.88.